The summed E-state index contributed by atoms with van der Waals surface area (Å²) in [6, 6.07) is 4.04. The Kier molecular flexibility index (Phi) is 5.12. The molecule has 1 aromatic heterocycles. The van der Waals surface area contributed by atoms with Crippen LogP contribution in [0.4, 0.5) is 0 Å². The quantitative estimate of drug-likeness (QED) is 0.790. The highest BCUT2D eigenvalue weighted by molar-refractivity contribution is 7.98. The number of aryl methyl sites for hydroxylation is 1. The first-order valence-corrected chi connectivity index (χ1v) is 6.25. The van der Waals surface area contributed by atoms with Gasteiger partial charge in [0.2, 0.25) is 0 Å². The molecule has 14 heavy (non-hydrogen) atoms. The Morgan fingerprint density at radius 2 is 2.07 bits per heavy atom. The molecule has 0 unspecified atom stereocenters. The van der Waals surface area contributed by atoms with E-state index in [0.29, 0.717) is 0 Å². The fraction of sp³-hybridized carbons (Fsp3) is 0.636. The molecule has 3 heteroatoms. The molecule has 0 fully saturated rings. The minimum atomic E-state index is -0.180. The number of furan rings is 1. The van der Waals surface area contributed by atoms with E-state index in [9.17, 15) is 5.11 Å². The molecule has 0 aromatic carbocycles. The number of aliphatic hydroxyl groups is 1. The predicted molar refractivity (Wildman–Crippen MR) is 60.5 cm³/mol. The first-order valence-electron chi connectivity index (χ1n) is 5.09. The molecule has 1 heterocycles. The number of hydrogen-bond donors (Lipinski definition) is 1. The molecule has 0 saturated heterocycles. The zero-order valence-electron chi connectivity index (χ0n) is 8.82. The predicted octanol–water partition coefficient (Wildman–Crippen LogP) is 2.85. The molecular formula is C11H18O2S. The maximum atomic E-state index is 9.34. The molecular weight excluding hydrogens is 196 g/mol. The Bertz CT molecular complexity index is 258. The molecule has 0 saturated carbocycles. The van der Waals surface area contributed by atoms with Crippen molar-refractivity contribution < 1.29 is 9.52 Å². The van der Waals surface area contributed by atoms with E-state index in [0.717, 1.165) is 35.9 Å². The number of rotatable bonds is 6. The van der Waals surface area contributed by atoms with Gasteiger partial charge >= 0.3 is 0 Å². The second-order valence-corrected chi connectivity index (χ2v) is 4.33. The van der Waals surface area contributed by atoms with Crippen LogP contribution in [0.25, 0.3) is 0 Å². The van der Waals surface area contributed by atoms with E-state index >= 15 is 0 Å². The highest BCUT2D eigenvalue weighted by atomic mass is 32.2. The SMILES string of the molecule is CCc1ccc(CSC[C@@H](O)CC)o1. The lowest BCUT2D eigenvalue weighted by atomic mass is 10.3. The first kappa shape index (κ1) is 11.7. The molecule has 1 aromatic rings. The Balaban J connectivity index is 2.24. The van der Waals surface area contributed by atoms with Crippen molar-refractivity contribution in [3.63, 3.8) is 0 Å². The minimum absolute atomic E-state index is 0.180. The van der Waals surface area contributed by atoms with E-state index in [2.05, 4.69) is 6.92 Å². The molecule has 0 aliphatic rings. The van der Waals surface area contributed by atoms with E-state index < -0.39 is 0 Å². The van der Waals surface area contributed by atoms with Crippen LogP contribution in [0.3, 0.4) is 0 Å². The topological polar surface area (TPSA) is 33.4 Å². The smallest absolute Gasteiger partial charge is 0.114 e. The Morgan fingerprint density at radius 1 is 1.36 bits per heavy atom. The van der Waals surface area contributed by atoms with E-state index in [1.54, 1.807) is 11.8 Å². The van der Waals surface area contributed by atoms with Gasteiger partial charge in [-0.05, 0) is 18.6 Å². The van der Waals surface area contributed by atoms with Crippen LogP contribution >= 0.6 is 11.8 Å². The summed E-state index contributed by atoms with van der Waals surface area (Å²) in [5, 5.41) is 9.34. The second kappa shape index (κ2) is 6.14. The molecule has 0 aliphatic carbocycles. The number of hydrogen-bond acceptors (Lipinski definition) is 3. The van der Waals surface area contributed by atoms with Crippen molar-refractivity contribution in [1.29, 1.82) is 0 Å². The third kappa shape index (κ3) is 3.76. The van der Waals surface area contributed by atoms with Crippen molar-refractivity contribution in [1.82, 2.24) is 0 Å². The zero-order valence-corrected chi connectivity index (χ0v) is 9.64. The molecule has 1 N–H and O–H groups in total. The van der Waals surface area contributed by atoms with Gasteiger partial charge in [0.1, 0.15) is 11.5 Å². The summed E-state index contributed by atoms with van der Waals surface area (Å²) in [5.41, 5.74) is 0. The summed E-state index contributed by atoms with van der Waals surface area (Å²) in [6.07, 6.45) is 1.59. The summed E-state index contributed by atoms with van der Waals surface area (Å²) >= 11 is 1.72. The normalized spacial score (nSPS) is 13.1. The van der Waals surface area contributed by atoms with Crippen molar-refractivity contribution in [3.05, 3.63) is 23.7 Å². The zero-order chi connectivity index (χ0) is 10.4. The highest BCUT2D eigenvalue weighted by Gasteiger charge is 2.03. The van der Waals surface area contributed by atoms with E-state index in [-0.39, 0.29) is 6.10 Å². The van der Waals surface area contributed by atoms with Crippen LogP contribution in [0, 0.1) is 0 Å². The van der Waals surface area contributed by atoms with E-state index in [1.807, 2.05) is 19.1 Å². The maximum Gasteiger partial charge on any atom is 0.114 e. The fourth-order valence-corrected chi connectivity index (χ4v) is 2.09. The van der Waals surface area contributed by atoms with Crippen LogP contribution in [0.5, 0.6) is 0 Å². The van der Waals surface area contributed by atoms with Gasteiger partial charge in [-0.2, -0.15) is 11.8 Å². The molecule has 1 atom stereocenters. The highest BCUT2D eigenvalue weighted by Crippen LogP contribution is 2.16. The van der Waals surface area contributed by atoms with Gasteiger partial charge < -0.3 is 9.52 Å². The van der Waals surface area contributed by atoms with E-state index in [1.165, 1.54) is 0 Å². The summed E-state index contributed by atoms with van der Waals surface area (Å²) in [5.74, 6) is 3.70. The third-order valence-electron chi connectivity index (χ3n) is 2.09. The molecule has 2 nitrogen and oxygen atoms in total. The fourth-order valence-electron chi connectivity index (χ4n) is 1.10. The van der Waals surface area contributed by atoms with Gasteiger partial charge in [-0.15, -0.1) is 0 Å². The third-order valence-corrected chi connectivity index (χ3v) is 3.20. The van der Waals surface area contributed by atoms with Gasteiger partial charge in [-0.25, -0.2) is 0 Å². The van der Waals surface area contributed by atoms with Gasteiger partial charge in [-0.1, -0.05) is 13.8 Å². The minimum Gasteiger partial charge on any atom is -0.465 e. The second-order valence-electron chi connectivity index (χ2n) is 3.30. The summed E-state index contributed by atoms with van der Waals surface area (Å²) in [7, 11) is 0. The lowest BCUT2D eigenvalue weighted by Gasteiger charge is -2.05. The number of thioether (sulfide) groups is 1. The Hall–Kier alpha value is -0.410. The van der Waals surface area contributed by atoms with Crippen LogP contribution in [0.2, 0.25) is 0 Å². The Morgan fingerprint density at radius 3 is 2.64 bits per heavy atom. The van der Waals surface area contributed by atoms with E-state index in [4.69, 9.17) is 4.42 Å². The molecule has 0 bridgehead atoms. The van der Waals surface area contributed by atoms with Crippen LogP contribution in [0.15, 0.2) is 16.5 Å². The largest absolute Gasteiger partial charge is 0.465 e. The van der Waals surface area contributed by atoms with Gasteiger partial charge in [0, 0.05) is 12.2 Å². The summed E-state index contributed by atoms with van der Waals surface area (Å²) in [6.45, 7) is 4.07. The lowest BCUT2D eigenvalue weighted by Crippen LogP contribution is -2.07. The summed E-state index contributed by atoms with van der Waals surface area (Å²) < 4.78 is 5.55. The average Bonchev–Trinajstić information content (AvgIpc) is 2.65. The first-order chi connectivity index (χ1) is 6.76. The van der Waals surface area contributed by atoms with Crippen molar-refractivity contribution in [3.8, 4) is 0 Å². The lowest BCUT2D eigenvalue weighted by molar-refractivity contribution is 0.195. The molecule has 1 rings (SSSR count). The van der Waals surface area contributed by atoms with Gasteiger partial charge in [0.05, 0.1) is 11.9 Å². The molecule has 0 radical (unpaired) electrons. The van der Waals surface area contributed by atoms with Crippen LogP contribution < -0.4 is 0 Å². The van der Waals surface area contributed by atoms with Crippen molar-refractivity contribution in [2.45, 2.75) is 38.5 Å². The van der Waals surface area contributed by atoms with Crippen LogP contribution in [-0.2, 0) is 12.2 Å². The standard InChI is InChI=1S/C11H18O2S/c1-3-9(12)7-14-8-11-6-5-10(4-2)13-11/h5-6,9,12H,3-4,7-8H2,1-2H3/t9-/m0/s1. The van der Waals surface area contributed by atoms with Gasteiger partial charge in [0.15, 0.2) is 0 Å². The van der Waals surface area contributed by atoms with Crippen LogP contribution in [0.1, 0.15) is 31.8 Å². The maximum absolute atomic E-state index is 9.34. The van der Waals surface area contributed by atoms with Crippen molar-refractivity contribution in [2.75, 3.05) is 5.75 Å². The van der Waals surface area contributed by atoms with Gasteiger partial charge in [-0.3, -0.25) is 0 Å². The monoisotopic (exact) mass is 214 g/mol. The van der Waals surface area contributed by atoms with Crippen molar-refractivity contribution >= 4 is 11.8 Å². The molecule has 0 spiro atoms. The molecule has 80 valence electrons. The Labute approximate surface area is 89.7 Å². The molecule has 0 amide bonds. The van der Waals surface area contributed by atoms with Crippen molar-refractivity contribution in [2.24, 2.45) is 0 Å². The van der Waals surface area contributed by atoms with Gasteiger partial charge in [0.25, 0.3) is 0 Å². The summed E-state index contributed by atoms with van der Waals surface area (Å²) in [4.78, 5) is 0. The average molecular weight is 214 g/mol. The molecule has 0 aliphatic heterocycles. The number of aliphatic hydroxyl groups excluding tert-OH is 1. The van der Waals surface area contributed by atoms with Crippen LogP contribution in [-0.4, -0.2) is 17.0 Å².